The summed E-state index contributed by atoms with van der Waals surface area (Å²) in [7, 11) is -3.20. The minimum atomic E-state index is -3.20. The molecule has 0 amide bonds. The van der Waals surface area contributed by atoms with Crippen LogP contribution in [0.15, 0.2) is 47.5 Å². The molecular formula is C17H18N2O3S. The maximum atomic E-state index is 11.5. The summed E-state index contributed by atoms with van der Waals surface area (Å²) in [6, 6.07) is 11.6. The van der Waals surface area contributed by atoms with Gasteiger partial charge in [-0.05, 0) is 30.2 Å². The summed E-state index contributed by atoms with van der Waals surface area (Å²) in [6.45, 7) is 2.49. The van der Waals surface area contributed by atoms with Crippen molar-refractivity contribution in [2.24, 2.45) is 5.41 Å². The van der Waals surface area contributed by atoms with Crippen LogP contribution in [0.1, 0.15) is 5.56 Å². The minimum Gasteiger partial charge on any atom is -0.493 e. The average Bonchev–Trinajstić information content (AvgIpc) is 2.51. The molecular weight excluding hydrogens is 312 g/mol. The van der Waals surface area contributed by atoms with E-state index in [1.807, 2.05) is 18.2 Å². The van der Waals surface area contributed by atoms with E-state index in [9.17, 15) is 8.42 Å². The number of ether oxygens (including phenoxy) is 1. The zero-order valence-electron chi connectivity index (χ0n) is 12.9. The predicted molar refractivity (Wildman–Crippen MR) is 87.6 cm³/mol. The Morgan fingerprint density at radius 2 is 1.96 bits per heavy atom. The zero-order chi connectivity index (χ0) is 16.1. The maximum absolute atomic E-state index is 11.5. The number of anilines is 1. The van der Waals surface area contributed by atoms with Gasteiger partial charge in [-0.15, -0.1) is 0 Å². The van der Waals surface area contributed by atoms with Crippen LogP contribution in [0, 0.1) is 5.41 Å². The molecule has 120 valence electrons. The van der Waals surface area contributed by atoms with Crippen molar-refractivity contribution in [3.63, 3.8) is 0 Å². The molecule has 1 fully saturated rings. The van der Waals surface area contributed by atoms with Crippen molar-refractivity contribution in [3.8, 4) is 5.75 Å². The number of fused-ring (bicyclic) bond motifs is 1. The molecule has 23 heavy (non-hydrogen) atoms. The summed E-state index contributed by atoms with van der Waals surface area (Å²) in [6.07, 6.45) is 3.64. The number of sulfone groups is 1. The van der Waals surface area contributed by atoms with Crippen LogP contribution in [0.25, 0.3) is 0 Å². The molecule has 2 aromatic rings. The first-order valence-corrected chi connectivity index (χ1v) is 9.46. The number of hydrogen-bond acceptors (Lipinski definition) is 5. The van der Waals surface area contributed by atoms with Gasteiger partial charge in [0.1, 0.15) is 11.6 Å². The van der Waals surface area contributed by atoms with Crippen LogP contribution in [0.2, 0.25) is 0 Å². The van der Waals surface area contributed by atoms with Gasteiger partial charge in [0.25, 0.3) is 0 Å². The Kier molecular flexibility index (Phi) is 3.13. The van der Waals surface area contributed by atoms with Crippen LogP contribution in [0.5, 0.6) is 5.75 Å². The van der Waals surface area contributed by atoms with Crippen molar-refractivity contribution >= 4 is 15.7 Å². The predicted octanol–water partition coefficient (Wildman–Crippen LogP) is 1.93. The molecule has 0 N–H and O–H groups in total. The molecule has 0 aliphatic carbocycles. The molecule has 3 heterocycles. The highest BCUT2D eigenvalue weighted by molar-refractivity contribution is 7.90. The third-order valence-corrected chi connectivity index (χ3v) is 5.70. The molecule has 0 radical (unpaired) electrons. The maximum Gasteiger partial charge on any atom is 0.177 e. The lowest BCUT2D eigenvalue weighted by Crippen LogP contribution is -2.61. The molecule has 1 aromatic heterocycles. The number of rotatable bonds is 2. The Balaban J connectivity index is 1.48. The summed E-state index contributed by atoms with van der Waals surface area (Å²) < 4.78 is 28.9. The van der Waals surface area contributed by atoms with Crippen molar-refractivity contribution in [3.05, 3.63) is 48.2 Å². The van der Waals surface area contributed by atoms with Gasteiger partial charge in [-0.3, -0.25) is 0 Å². The second kappa shape index (κ2) is 4.96. The summed E-state index contributed by atoms with van der Waals surface area (Å²) in [5.74, 6) is 1.81. The van der Waals surface area contributed by atoms with Crippen molar-refractivity contribution < 1.29 is 13.2 Å². The quantitative estimate of drug-likeness (QED) is 0.842. The first-order valence-electron chi connectivity index (χ1n) is 7.57. The highest BCUT2D eigenvalue weighted by Crippen LogP contribution is 2.42. The fourth-order valence-electron chi connectivity index (χ4n) is 3.38. The van der Waals surface area contributed by atoms with E-state index in [2.05, 4.69) is 16.0 Å². The minimum absolute atomic E-state index is 0.144. The van der Waals surface area contributed by atoms with Crippen molar-refractivity contribution in [2.45, 2.75) is 11.3 Å². The van der Waals surface area contributed by atoms with Gasteiger partial charge in [-0.25, -0.2) is 13.4 Å². The second-order valence-corrected chi connectivity index (χ2v) is 8.57. The molecule has 0 atom stereocenters. The van der Waals surface area contributed by atoms with Crippen LogP contribution in [0.4, 0.5) is 5.82 Å². The highest BCUT2D eigenvalue weighted by atomic mass is 32.2. The van der Waals surface area contributed by atoms with Gasteiger partial charge < -0.3 is 9.64 Å². The first-order chi connectivity index (χ1) is 11.0. The van der Waals surface area contributed by atoms with Gasteiger partial charge in [0.2, 0.25) is 0 Å². The molecule has 1 spiro atoms. The Hall–Kier alpha value is -2.08. The van der Waals surface area contributed by atoms with E-state index in [0.717, 1.165) is 37.7 Å². The SMILES string of the molecule is CS(=O)(=O)c1ccc(N2CC3(COc4ccccc4C3)C2)nc1. The van der Waals surface area contributed by atoms with Crippen molar-refractivity contribution in [1.82, 2.24) is 4.98 Å². The molecule has 1 aromatic carbocycles. The molecule has 0 unspecified atom stereocenters. The molecule has 2 aliphatic rings. The normalized spacial score (nSPS) is 18.9. The second-order valence-electron chi connectivity index (χ2n) is 6.55. The standard InChI is InChI=1S/C17H18N2O3S/c1-23(20,21)14-6-7-16(18-9-14)19-10-17(11-19)8-13-4-2-3-5-15(13)22-12-17/h2-7,9H,8,10-12H2,1H3. The summed E-state index contributed by atoms with van der Waals surface area (Å²) in [5, 5.41) is 0. The topological polar surface area (TPSA) is 59.5 Å². The van der Waals surface area contributed by atoms with E-state index >= 15 is 0 Å². The largest absolute Gasteiger partial charge is 0.493 e. The van der Waals surface area contributed by atoms with E-state index in [-0.39, 0.29) is 10.3 Å². The molecule has 6 heteroatoms. The number of para-hydroxylation sites is 1. The van der Waals surface area contributed by atoms with Crippen LogP contribution in [0.3, 0.4) is 0 Å². The lowest BCUT2D eigenvalue weighted by atomic mass is 9.74. The van der Waals surface area contributed by atoms with E-state index in [1.165, 1.54) is 18.0 Å². The van der Waals surface area contributed by atoms with Crippen molar-refractivity contribution in [1.29, 1.82) is 0 Å². The highest BCUT2D eigenvalue weighted by Gasteiger charge is 2.46. The molecule has 1 saturated heterocycles. The molecule has 5 nitrogen and oxygen atoms in total. The molecule has 4 rings (SSSR count). The van der Waals surface area contributed by atoms with Crippen LogP contribution in [-0.4, -0.2) is 39.4 Å². The van der Waals surface area contributed by atoms with Crippen LogP contribution < -0.4 is 9.64 Å². The third-order valence-electron chi connectivity index (χ3n) is 4.60. The lowest BCUT2D eigenvalue weighted by molar-refractivity contribution is 0.0874. The van der Waals surface area contributed by atoms with Gasteiger partial charge in [0, 0.05) is 31.0 Å². The fraction of sp³-hybridized carbons (Fsp3) is 0.353. The van der Waals surface area contributed by atoms with E-state index in [1.54, 1.807) is 12.1 Å². The summed E-state index contributed by atoms with van der Waals surface area (Å²) in [4.78, 5) is 6.72. The molecule has 0 saturated carbocycles. The Morgan fingerprint density at radius 3 is 2.65 bits per heavy atom. The summed E-state index contributed by atoms with van der Waals surface area (Å²) in [5.41, 5.74) is 1.41. The van der Waals surface area contributed by atoms with Gasteiger partial charge in [-0.2, -0.15) is 0 Å². The van der Waals surface area contributed by atoms with E-state index < -0.39 is 9.84 Å². The van der Waals surface area contributed by atoms with Crippen molar-refractivity contribution in [2.75, 3.05) is 30.9 Å². The Bertz CT molecular complexity index is 840. The number of nitrogens with zero attached hydrogens (tertiary/aromatic N) is 2. The van der Waals surface area contributed by atoms with Gasteiger partial charge >= 0.3 is 0 Å². The fourth-order valence-corrected chi connectivity index (χ4v) is 3.94. The Labute approximate surface area is 135 Å². The molecule has 2 aliphatic heterocycles. The van der Waals surface area contributed by atoms with Gasteiger partial charge in [-0.1, -0.05) is 18.2 Å². The van der Waals surface area contributed by atoms with Crippen LogP contribution >= 0.6 is 0 Å². The lowest BCUT2D eigenvalue weighted by Gasteiger charge is -2.52. The summed E-state index contributed by atoms with van der Waals surface area (Å²) >= 11 is 0. The smallest absolute Gasteiger partial charge is 0.177 e. The van der Waals surface area contributed by atoms with E-state index in [4.69, 9.17) is 4.74 Å². The number of aromatic nitrogens is 1. The van der Waals surface area contributed by atoms with E-state index in [0.29, 0.717) is 0 Å². The Morgan fingerprint density at radius 1 is 1.17 bits per heavy atom. The van der Waals surface area contributed by atoms with Gasteiger partial charge in [0.05, 0.1) is 11.5 Å². The first kappa shape index (κ1) is 14.5. The van der Waals surface area contributed by atoms with Crippen LogP contribution in [-0.2, 0) is 16.3 Å². The monoisotopic (exact) mass is 330 g/mol. The third kappa shape index (κ3) is 2.57. The molecule has 0 bridgehead atoms. The van der Waals surface area contributed by atoms with Gasteiger partial charge in [0.15, 0.2) is 9.84 Å². The number of benzene rings is 1. The zero-order valence-corrected chi connectivity index (χ0v) is 13.7. The number of hydrogen-bond donors (Lipinski definition) is 0. The average molecular weight is 330 g/mol. The number of pyridine rings is 1.